The third-order valence-electron chi connectivity index (χ3n) is 2.08. The second kappa shape index (κ2) is 4.04. The van der Waals surface area contributed by atoms with Crippen molar-refractivity contribution in [3.63, 3.8) is 0 Å². The molecule has 1 heterocycles. The Hall–Kier alpha value is -0.320. The first-order valence-corrected chi connectivity index (χ1v) is 6.64. The number of thiol groups is 1. The summed E-state index contributed by atoms with van der Waals surface area (Å²) in [6, 6.07) is 4.23. The molecule has 0 aliphatic carbocycles. The van der Waals surface area contributed by atoms with Gasteiger partial charge in [-0.1, -0.05) is 0 Å². The van der Waals surface area contributed by atoms with Gasteiger partial charge in [0.1, 0.15) is 5.75 Å². The van der Waals surface area contributed by atoms with Crippen LogP contribution in [-0.4, -0.2) is 13.4 Å². The molecule has 2 rings (SSSR count). The van der Waals surface area contributed by atoms with Crippen LogP contribution in [0, 0.1) is 0 Å². The van der Waals surface area contributed by atoms with Crippen LogP contribution in [0.3, 0.4) is 0 Å². The monoisotopic (exact) mass is 242 g/mol. The van der Waals surface area contributed by atoms with Gasteiger partial charge >= 0.3 is 0 Å². The molecule has 0 aliphatic rings. The number of rotatable bonds is 2. The van der Waals surface area contributed by atoms with E-state index in [2.05, 4.69) is 30.1 Å². The van der Waals surface area contributed by atoms with Gasteiger partial charge in [0.2, 0.25) is 0 Å². The minimum Gasteiger partial charge on any atom is -0.494 e. The van der Waals surface area contributed by atoms with Gasteiger partial charge in [-0.2, -0.15) is 0 Å². The van der Waals surface area contributed by atoms with Crippen LogP contribution < -0.4 is 4.74 Å². The summed E-state index contributed by atoms with van der Waals surface area (Å²) in [7, 11) is 1.69. The van der Waals surface area contributed by atoms with Gasteiger partial charge in [0, 0.05) is 10.1 Å². The molecule has 1 aromatic carbocycles. The predicted molar refractivity (Wildman–Crippen MR) is 67.4 cm³/mol. The Kier molecular flexibility index (Phi) is 2.95. The fraction of sp³-hybridized carbons (Fsp3) is 0.200. The van der Waals surface area contributed by atoms with Crippen molar-refractivity contribution < 1.29 is 4.74 Å². The van der Waals surface area contributed by atoms with Gasteiger partial charge in [-0.25, -0.2) is 0 Å². The average molecular weight is 242 g/mol. The van der Waals surface area contributed by atoms with Crippen molar-refractivity contribution in [2.75, 3.05) is 13.4 Å². The van der Waals surface area contributed by atoms with Crippen LogP contribution in [0.1, 0.15) is 0 Å². The zero-order chi connectivity index (χ0) is 10.1. The van der Waals surface area contributed by atoms with E-state index in [1.807, 2.05) is 6.26 Å². The van der Waals surface area contributed by atoms with E-state index in [4.69, 9.17) is 4.74 Å². The van der Waals surface area contributed by atoms with E-state index in [-0.39, 0.29) is 0 Å². The molecular formula is C10H10OS3. The lowest BCUT2D eigenvalue weighted by Gasteiger charge is -2.09. The first kappa shape index (κ1) is 10.2. The van der Waals surface area contributed by atoms with E-state index in [1.54, 1.807) is 30.2 Å². The van der Waals surface area contributed by atoms with E-state index >= 15 is 0 Å². The van der Waals surface area contributed by atoms with Crippen molar-refractivity contribution >= 4 is 45.8 Å². The third kappa shape index (κ3) is 1.51. The topological polar surface area (TPSA) is 9.23 Å². The summed E-state index contributed by atoms with van der Waals surface area (Å²) in [5.74, 6) is 0.881. The molecule has 0 spiro atoms. The Morgan fingerprint density at radius 1 is 1.50 bits per heavy atom. The highest BCUT2D eigenvalue weighted by atomic mass is 32.2. The smallest absolute Gasteiger partial charge is 0.146 e. The molecular weight excluding hydrogens is 232 g/mol. The Bertz CT molecular complexity index is 462. The molecule has 0 atom stereocenters. The van der Waals surface area contributed by atoms with E-state index in [0.29, 0.717) is 0 Å². The first-order valence-electron chi connectivity index (χ1n) is 4.09. The molecule has 0 saturated carbocycles. The highest BCUT2D eigenvalue weighted by Crippen LogP contribution is 2.40. The standard InChI is InChI=1S/C10H10OS3/c1-11-9-8(13-2)5-7-6(10(9)12)3-4-14-7/h3-5,12H,1-2H3. The summed E-state index contributed by atoms with van der Waals surface area (Å²) in [6.07, 6.45) is 2.05. The highest BCUT2D eigenvalue weighted by Gasteiger charge is 2.11. The molecule has 0 saturated heterocycles. The van der Waals surface area contributed by atoms with Crippen molar-refractivity contribution in [3.05, 3.63) is 17.5 Å². The Labute approximate surface area is 96.9 Å². The zero-order valence-corrected chi connectivity index (χ0v) is 10.4. The number of methoxy groups -OCH3 is 1. The van der Waals surface area contributed by atoms with Crippen molar-refractivity contribution in [2.24, 2.45) is 0 Å². The van der Waals surface area contributed by atoms with Crippen LogP contribution in [0.4, 0.5) is 0 Å². The average Bonchev–Trinajstić information content (AvgIpc) is 2.65. The number of ether oxygens (including phenoxy) is 1. The SMILES string of the molecule is COc1c(SC)cc2sccc2c1S. The predicted octanol–water partition coefficient (Wildman–Crippen LogP) is 3.92. The lowest BCUT2D eigenvalue weighted by molar-refractivity contribution is 0.396. The largest absolute Gasteiger partial charge is 0.494 e. The van der Waals surface area contributed by atoms with Crippen molar-refractivity contribution in [2.45, 2.75) is 9.79 Å². The molecule has 4 heteroatoms. The van der Waals surface area contributed by atoms with Crippen LogP contribution in [-0.2, 0) is 0 Å². The molecule has 74 valence electrons. The molecule has 0 unspecified atom stereocenters. The maximum Gasteiger partial charge on any atom is 0.146 e. The molecule has 1 nitrogen and oxygen atoms in total. The summed E-state index contributed by atoms with van der Waals surface area (Å²) >= 11 is 7.92. The summed E-state index contributed by atoms with van der Waals surface area (Å²) in [5.41, 5.74) is 0. The van der Waals surface area contributed by atoms with Gasteiger partial charge in [-0.3, -0.25) is 0 Å². The quantitative estimate of drug-likeness (QED) is 0.631. The van der Waals surface area contributed by atoms with Crippen LogP contribution in [0.5, 0.6) is 5.75 Å². The van der Waals surface area contributed by atoms with Crippen molar-refractivity contribution in [3.8, 4) is 5.75 Å². The molecule has 0 amide bonds. The van der Waals surface area contributed by atoms with Gasteiger partial charge in [0.15, 0.2) is 0 Å². The second-order valence-corrected chi connectivity index (χ2v) is 5.04. The lowest BCUT2D eigenvalue weighted by Crippen LogP contribution is -1.87. The Morgan fingerprint density at radius 2 is 2.29 bits per heavy atom. The third-order valence-corrected chi connectivity index (χ3v) is 4.13. The molecule has 0 radical (unpaired) electrons. The highest BCUT2D eigenvalue weighted by molar-refractivity contribution is 7.98. The minimum absolute atomic E-state index is 0.881. The van der Waals surface area contributed by atoms with Crippen LogP contribution in [0.25, 0.3) is 10.1 Å². The van der Waals surface area contributed by atoms with Gasteiger partial charge in [0.05, 0.1) is 16.9 Å². The molecule has 0 aliphatic heterocycles. The van der Waals surface area contributed by atoms with Crippen LogP contribution in [0.15, 0.2) is 27.3 Å². The first-order chi connectivity index (χ1) is 6.77. The Balaban J connectivity index is 2.79. The molecule has 0 bridgehead atoms. The van der Waals surface area contributed by atoms with E-state index < -0.39 is 0 Å². The van der Waals surface area contributed by atoms with Crippen molar-refractivity contribution in [1.82, 2.24) is 0 Å². The second-order valence-electron chi connectivity index (χ2n) is 2.79. The van der Waals surface area contributed by atoms with Gasteiger partial charge < -0.3 is 4.74 Å². The maximum absolute atomic E-state index is 5.35. The van der Waals surface area contributed by atoms with Gasteiger partial charge in [-0.15, -0.1) is 35.7 Å². The van der Waals surface area contributed by atoms with Gasteiger partial charge in [0.25, 0.3) is 0 Å². The molecule has 0 fully saturated rings. The number of hydrogen-bond acceptors (Lipinski definition) is 4. The maximum atomic E-state index is 5.35. The molecule has 14 heavy (non-hydrogen) atoms. The molecule has 2 aromatic rings. The molecule has 0 N–H and O–H groups in total. The minimum atomic E-state index is 0.881. The van der Waals surface area contributed by atoms with E-state index in [9.17, 15) is 0 Å². The summed E-state index contributed by atoms with van der Waals surface area (Å²) in [4.78, 5) is 2.09. The fourth-order valence-corrected chi connectivity index (χ4v) is 3.47. The van der Waals surface area contributed by atoms with Crippen LogP contribution in [0.2, 0.25) is 0 Å². The number of thioether (sulfide) groups is 1. The van der Waals surface area contributed by atoms with E-state index in [0.717, 1.165) is 15.5 Å². The fourth-order valence-electron chi connectivity index (χ4n) is 1.40. The normalized spacial score (nSPS) is 10.8. The summed E-state index contributed by atoms with van der Waals surface area (Å²) in [6.45, 7) is 0. The number of fused-ring (bicyclic) bond motifs is 1. The Morgan fingerprint density at radius 3 is 2.93 bits per heavy atom. The summed E-state index contributed by atoms with van der Waals surface area (Å²) < 4.78 is 6.62. The number of benzene rings is 1. The number of hydrogen-bond donors (Lipinski definition) is 1. The lowest BCUT2D eigenvalue weighted by atomic mass is 10.2. The molecule has 1 aromatic heterocycles. The van der Waals surface area contributed by atoms with Gasteiger partial charge in [-0.05, 0) is 23.8 Å². The van der Waals surface area contributed by atoms with E-state index in [1.165, 1.54) is 10.1 Å². The summed E-state index contributed by atoms with van der Waals surface area (Å²) in [5, 5.41) is 3.25. The van der Waals surface area contributed by atoms with Crippen LogP contribution >= 0.6 is 35.7 Å². The van der Waals surface area contributed by atoms with Crippen molar-refractivity contribution in [1.29, 1.82) is 0 Å². The zero-order valence-electron chi connectivity index (χ0n) is 7.90. The number of thiophene rings is 1.